The molecule has 0 saturated heterocycles. The van der Waals surface area contributed by atoms with Crippen LogP contribution in [0.1, 0.15) is 62.4 Å². The lowest BCUT2D eigenvalue weighted by Crippen LogP contribution is -2.42. The lowest BCUT2D eigenvalue weighted by molar-refractivity contribution is 0.0956. The van der Waals surface area contributed by atoms with Crippen molar-refractivity contribution in [3.05, 3.63) is 51.4 Å². The summed E-state index contributed by atoms with van der Waals surface area (Å²) in [7, 11) is 5.74. The van der Waals surface area contributed by atoms with Gasteiger partial charge in [0.1, 0.15) is 5.82 Å². The quantitative estimate of drug-likeness (QED) is 0.330. The Morgan fingerprint density at radius 3 is 2.41 bits per heavy atom. The third-order valence-electron chi connectivity index (χ3n) is 7.30. The number of amides is 1. The van der Waals surface area contributed by atoms with Gasteiger partial charge in [-0.15, -0.1) is 0 Å². The second kappa shape index (κ2) is 12.6. The molecule has 1 aromatic rings. The predicted octanol–water partition coefficient (Wildman–Crippen LogP) is 4.88. The van der Waals surface area contributed by atoms with Crippen LogP contribution in [0.15, 0.2) is 40.3 Å². The molecule has 3 rings (SSSR count). The molecule has 1 aliphatic heterocycles. The van der Waals surface area contributed by atoms with Gasteiger partial charge >= 0.3 is 0 Å². The summed E-state index contributed by atoms with van der Waals surface area (Å²) in [6.45, 7) is 8.88. The molecule has 2 aliphatic rings. The molecule has 8 nitrogen and oxygen atoms in total. The van der Waals surface area contributed by atoms with Gasteiger partial charge in [0, 0.05) is 46.3 Å². The number of benzene rings is 1. The summed E-state index contributed by atoms with van der Waals surface area (Å²) in [4.78, 5) is 22.6. The number of nitrogens with zero attached hydrogens (tertiary/aromatic N) is 3. The Balaban J connectivity index is 1.83. The first-order valence-corrected chi connectivity index (χ1v) is 13.3. The minimum Gasteiger partial charge on any atom is -0.481 e. The van der Waals surface area contributed by atoms with E-state index in [9.17, 15) is 4.79 Å². The normalized spacial score (nSPS) is 21.0. The number of anilines is 1. The fraction of sp³-hybridized carbons (Fsp3) is 0.536. The number of hydrogen-bond donors (Lipinski definition) is 3. The average molecular weight is 529 g/mol. The zero-order valence-electron chi connectivity index (χ0n) is 23.2. The maximum Gasteiger partial charge on any atom is 0.251 e. The molecular weight excluding hydrogens is 488 g/mol. The summed E-state index contributed by atoms with van der Waals surface area (Å²) >= 11 is 6.55. The van der Waals surface area contributed by atoms with Gasteiger partial charge in [0.05, 0.1) is 19.2 Å². The monoisotopic (exact) mass is 528 g/mol. The second-order valence-electron chi connectivity index (χ2n) is 10.1. The number of rotatable bonds is 8. The van der Waals surface area contributed by atoms with Gasteiger partial charge in [-0.05, 0) is 91.2 Å². The summed E-state index contributed by atoms with van der Waals surface area (Å²) in [5.74, 6) is 0.195. The van der Waals surface area contributed by atoms with Crippen LogP contribution in [0.2, 0.25) is 5.02 Å². The van der Waals surface area contributed by atoms with Gasteiger partial charge in [-0.1, -0.05) is 11.6 Å². The molecule has 0 unspecified atom stereocenters. The van der Waals surface area contributed by atoms with Crippen LogP contribution in [0.25, 0.3) is 0 Å². The van der Waals surface area contributed by atoms with E-state index < -0.39 is 0 Å². The number of ether oxygens (including phenoxy) is 1. The number of nitrogens with one attached hydrogen (secondary N) is 3. The molecule has 1 heterocycles. The van der Waals surface area contributed by atoms with E-state index in [2.05, 4.69) is 46.4 Å². The number of allylic oxidation sites excluding steroid dienone is 2. The first-order valence-electron chi connectivity index (χ1n) is 12.9. The van der Waals surface area contributed by atoms with Crippen molar-refractivity contribution in [3.8, 4) is 0 Å². The molecule has 0 spiro atoms. The first kappa shape index (κ1) is 28.7. The molecule has 1 amide bonds. The molecule has 1 aromatic carbocycles. The second-order valence-corrected chi connectivity index (χ2v) is 10.5. The Labute approximate surface area is 226 Å². The number of halogens is 1. The molecule has 202 valence electrons. The minimum absolute atomic E-state index is 0.0527. The molecule has 0 bridgehead atoms. The highest BCUT2D eigenvalue weighted by atomic mass is 35.5. The van der Waals surface area contributed by atoms with Crippen LogP contribution in [0.4, 0.5) is 5.69 Å². The highest BCUT2D eigenvalue weighted by Crippen LogP contribution is 2.34. The highest BCUT2D eigenvalue weighted by molar-refractivity contribution is 6.31. The Bertz CT molecular complexity index is 1120. The van der Waals surface area contributed by atoms with E-state index in [1.807, 2.05) is 32.9 Å². The lowest BCUT2D eigenvalue weighted by Gasteiger charge is -2.40. The van der Waals surface area contributed by atoms with Crippen molar-refractivity contribution >= 4 is 34.8 Å². The molecule has 0 radical (unpaired) electrons. The number of aliphatic imine (C=N–C) groups is 1. The summed E-state index contributed by atoms with van der Waals surface area (Å²) in [6, 6.07) is 4.73. The van der Waals surface area contributed by atoms with Crippen molar-refractivity contribution in [2.75, 3.05) is 39.2 Å². The molecular formula is C28H41ClN6O2. The average Bonchev–Trinajstić information content (AvgIpc) is 2.85. The van der Waals surface area contributed by atoms with Crippen molar-refractivity contribution in [1.29, 1.82) is 5.41 Å². The number of carbonyl (C=O) groups excluding carboxylic acids is 1. The van der Waals surface area contributed by atoms with Crippen LogP contribution in [0.3, 0.4) is 0 Å². The molecule has 3 N–H and O–H groups in total. The molecule has 9 heteroatoms. The van der Waals surface area contributed by atoms with Gasteiger partial charge in [-0.2, -0.15) is 0 Å². The van der Waals surface area contributed by atoms with Crippen LogP contribution in [0, 0.1) is 12.3 Å². The van der Waals surface area contributed by atoms with Crippen LogP contribution in [0.5, 0.6) is 0 Å². The van der Waals surface area contributed by atoms with Crippen molar-refractivity contribution in [2.45, 2.75) is 65.5 Å². The van der Waals surface area contributed by atoms with Crippen LogP contribution in [-0.4, -0.2) is 68.8 Å². The maximum atomic E-state index is 13.4. The topological polar surface area (TPSA) is 93.0 Å². The first-order chi connectivity index (χ1) is 17.5. The SMILES string of the molecule is CCN(c1cc(Cl)cc(C(=O)NC/C(C(=N)OC)=C2\N=C(C)C=C(C)N2)c1C)[C@H]1CC[C@H](N(C)C)CC1. The summed E-state index contributed by atoms with van der Waals surface area (Å²) in [5.41, 5.74) is 4.63. The van der Waals surface area contributed by atoms with E-state index in [-0.39, 0.29) is 18.3 Å². The fourth-order valence-corrected chi connectivity index (χ4v) is 5.50. The van der Waals surface area contributed by atoms with Gasteiger partial charge < -0.3 is 25.2 Å². The van der Waals surface area contributed by atoms with Crippen LogP contribution >= 0.6 is 11.6 Å². The molecule has 0 aromatic heterocycles. The van der Waals surface area contributed by atoms with E-state index >= 15 is 0 Å². The maximum absolute atomic E-state index is 13.4. The summed E-state index contributed by atoms with van der Waals surface area (Å²) in [6.07, 6.45) is 6.46. The fourth-order valence-electron chi connectivity index (χ4n) is 5.28. The van der Waals surface area contributed by atoms with E-state index in [1.54, 1.807) is 6.07 Å². The van der Waals surface area contributed by atoms with E-state index in [1.165, 1.54) is 7.11 Å². The molecule has 0 atom stereocenters. The van der Waals surface area contributed by atoms with Crippen molar-refractivity contribution in [1.82, 2.24) is 15.5 Å². The van der Waals surface area contributed by atoms with Crippen molar-refractivity contribution in [3.63, 3.8) is 0 Å². The van der Waals surface area contributed by atoms with E-state index in [0.717, 1.165) is 54.9 Å². The highest BCUT2D eigenvalue weighted by Gasteiger charge is 2.28. The van der Waals surface area contributed by atoms with Crippen LogP contribution < -0.4 is 15.5 Å². The number of carbonyl (C=O) groups is 1. The molecule has 1 aliphatic carbocycles. The van der Waals surface area contributed by atoms with Gasteiger partial charge in [-0.25, -0.2) is 4.99 Å². The van der Waals surface area contributed by atoms with Crippen molar-refractivity contribution < 1.29 is 9.53 Å². The zero-order chi connectivity index (χ0) is 27.3. The predicted molar refractivity (Wildman–Crippen MR) is 153 cm³/mol. The van der Waals surface area contributed by atoms with E-state index in [0.29, 0.717) is 34.1 Å². The molecule has 1 fully saturated rings. The minimum atomic E-state index is -0.251. The number of methoxy groups -OCH3 is 1. The molecule has 1 saturated carbocycles. The zero-order valence-corrected chi connectivity index (χ0v) is 23.9. The molecule has 37 heavy (non-hydrogen) atoms. The smallest absolute Gasteiger partial charge is 0.251 e. The van der Waals surface area contributed by atoms with Gasteiger partial charge in [0.2, 0.25) is 5.90 Å². The van der Waals surface area contributed by atoms with Crippen LogP contribution in [-0.2, 0) is 4.74 Å². The summed E-state index contributed by atoms with van der Waals surface area (Å²) < 4.78 is 5.19. The van der Waals surface area contributed by atoms with Gasteiger partial charge in [0.25, 0.3) is 5.91 Å². The third kappa shape index (κ3) is 6.93. The Morgan fingerprint density at radius 2 is 1.84 bits per heavy atom. The Hall–Kier alpha value is -2.84. The third-order valence-corrected chi connectivity index (χ3v) is 7.51. The van der Waals surface area contributed by atoms with Gasteiger partial charge in [-0.3, -0.25) is 10.2 Å². The van der Waals surface area contributed by atoms with Crippen molar-refractivity contribution in [2.24, 2.45) is 4.99 Å². The standard InChI is InChI=1S/C28H41ClN6O2/c1-8-35(22-11-9-21(10-12-22)34(5)6)25-15-20(29)14-23(19(25)4)28(36)31-16-24(26(30)37-7)27-32-17(2)13-18(3)33-27/h13-15,21-22,30,32H,8-12,16H2,1-7H3,(H,31,36)/b27-24+,30-26?/t21-,22-. The number of hydrogen-bond acceptors (Lipinski definition) is 7. The Kier molecular flexibility index (Phi) is 9.79. The van der Waals surface area contributed by atoms with E-state index in [4.69, 9.17) is 21.7 Å². The lowest BCUT2D eigenvalue weighted by atomic mass is 9.89. The van der Waals surface area contributed by atoms with Gasteiger partial charge in [0.15, 0.2) is 0 Å². The summed E-state index contributed by atoms with van der Waals surface area (Å²) in [5, 5.41) is 14.9. The largest absolute Gasteiger partial charge is 0.481 e. The Morgan fingerprint density at radius 1 is 1.19 bits per heavy atom.